The van der Waals surface area contributed by atoms with Crippen LogP contribution in [-0.4, -0.2) is 32.5 Å². The summed E-state index contributed by atoms with van der Waals surface area (Å²) in [6.45, 7) is 3.25. The first kappa shape index (κ1) is 13.4. The van der Waals surface area contributed by atoms with Gasteiger partial charge < -0.3 is 9.84 Å². The van der Waals surface area contributed by atoms with Crippen LogP contribution in [0.5, 0.6) is 5.75 Å². The number of rotatable bonds is 3. The van der Waals surface area contributed by atoms with Crippen molar-refractivity contribution in [2.24, 2.45) is 5.41 Å². The van der Waals surface area contributed by atoms with Crippen molar-refractivity contribution in [3.05, 3.63) is 24.3 Å². The highest BCUT2D eigenvalue weighted by Crippen LogP contribution is 2.33. The normalized spacial score (nSPS) is 19.6. The molecule has 1 heterocycles. The Labute approximate surface area is 108 Å². The molecule has 1 aliphatic heterocycles. The third-order valence-corrected chi connectivity index (χ3v) is 5.50. The molecule has 0 saturated carbocycles. The molecule has 1 N–H and O–H groups in total. The van der Waals surface area contributed by atoms with Gasteiger partial charge in [-0.05, 0) is 42.5 Å². The lowest BCUT2D eigenvalue weighted by atomic mass is 9.85. The molecule has 0 radical (unpaired) electrons. The third kappa shape index (κ3) is 3.03. The van der Waals surface area contributed by atoms with E-state index in [-0.39, 0.29) is 21.8 Å². The molecular formula is C13H18O4S. The predicted octanol–water partition coefficient (Wildman–Crippen LogP) is 1.98. The lowest BCUT2D eigenvalue weighted by Crippen LogP contribution is -2.33. The largest absolute Gasteiger partial charge is 0.508 e. The fourth-order valence-corrected chi connectivity index (χ4v) is 4.13. The molecule has 1 aromatic carbocycles. The van der Waals surface area contributed by atoms with Crippen molar-refractivity contribution in [1.82, 2.24) is 0 Å². The fraction of sp³-hybridized carbons (Fsp3) is 0.538. The lowest BCUT2D eigenvalue weighted by molar-refractivity contribution is 0.0341. The highest BCUT2D eigenvalue weighted by Gasteiger charge is 2.33. The molecule has 0 atom stereocenters. The zero-order valence-electron chi connectivity index (χ0n) is 10.4. The standard InChI is InChI=1S/C13H18O4S/c1-13(6-8-17-9-7-13)10-18(15,16)12-4-2-11(14)3-5-12/h2-5,14H,6-10H2,1H3. The van der Waals surface area contributed by atoms with Crippen molar-refractivity contribution < 1.29 is 18.3 Å². The minimum atomic E-state index is -3.30. The van der Waals surface area contributed by atoms with E-state index in [4.69, 9.17) is 4.74 Å². The van der Waals surface area contributed by atoms with Gasteiger partial charge in [0.25, 0.3) is 0 Å². The van der Waals surface area contributed by atoms with Gasteiger partial charge in [0.15, 0.2) is 9.84 Å². The first-order valence-corrected chi connectivity index (χ1v) is 7.66. The van der Waals surface area contributed by atoms with Crippen molar-refractivity contribution >= 4 is 9.84 Å². The summed E-state index contributed by atoms with van der Waals surface area (Å²) in [7, 11) is -3.30. The Hall–Kier alpha value is -1.07. The van der Waals surface area contributed by atoms with Crippen LogP contribution in [0.1, 0.15) is 19.8 Å². The molecule has 1 saturated heterocycles. The summed E-state index contributed by atoms with van der Waals surface area (Å²) < 4.78 is 29.9. The highest BCUT2D eigenvalue weighted by molar-refractivity contribution is 7.91. The van der Waals surface area contributed by atoms with Crippen molar-refractivity contribution in [3.8, 4) is 5.75 Å². The summed E-state index contributed by atoms with van der Waals surface area (Å²) in [6, 6.07) is 5.71. The van der Waals surface area contributed by atoms with Gasteiger partial charge in [0.1, 0.15) is 5.75 Å². The minimum absolute atomic E-state index is 0.0752. The maximum atomic E-state index is 12.3. The van der Waals surface area contributed by atoms with Gasteiger partial charge in [-0.15, -0.1) is 0 Å². The number of aromatic hydroxyl groups is 1. The number of hydrogen-bond donors (Lipinski definition) is 1. The van der Waals surface area contributed by atoms with E-state index >= 15 is 0 Å². The second kappa shape index (κ2) is 4.90. The molecule has 0 aromatic heterocycles. The first-order chi connectivity index (χ1) is 8.41. The Morgan fingerprint density at radius 2 is 1.78 bits per heavy atom. The molecule has 4 nitrogen and oxygen atoms in total. The molecule has 0 amide bonds. The van der Waals surface area contributed by atoms with Crippen LogP contribution in [0.2, 0.25) is 0 Å². The molecule has 100 valence electrons. The van der Waals surface area contributed by atoms with Crippen LogP contribution < -0.4 is 0 Å². The smallest absolute Gasteiger partial charge is 0.178 e. The van der Waals surface area contributed by atoms with E-state index in [9.17, 15) is 13.5 Å². The summed E-state index contributed by atoms with van der Waals surface area (Å²) in [6.07, 6.45) is 1.54. The number of phenols is 1. The van der Waals surface area contributed by atoms with Crippen LogP contribution >= 0.6 is 0 Å². The number of hydrogen-bond acceptors (Lipinski definition) is 4. The van der Waals surface area contributed by atoms with Crippen molar-refractivity contribution in [2.45, 2.75) is 24.7 Å². The average molecular weight is 270 g/mol. The Morgan fingerprint density at radius 3 is 2.33 bits per heavy atom. The first-order valence-electron chi connectivity index (χ1n) is 6.01. The molecule has 0 unspecified atom stereocenters. The van der Waals surface area contributed by atoms with Crippen LogP contribution in [0.25, 0.3) is 0 Å². The van der Waals surface area contributed by atoms with E-state index < -0.39 is 9.84 Å². The van der Waals surface area contributed by atoms with Gasteiger partial charge >= 0.3 is 0 Å². The number of phenolic OH excluding ortho intramolecular Hbond substituents is 1. The molecule has 5 heteroatoms. The molecular weight excluding hydrogens is 252 g/mol. The van der Waals surface area contributed by atoms with E-state index in [0.717, 1.165) is 12.8 Å². The van der Waals surface area contributed by atoms with Crippen LogP contribution in [0.3, 0.4) is 0 Å². The van der Waals surface area contributed by atoms with Gasteiger partial charge in [-0.3, -0.25) is 0 Å². The monoisotopic (exact) mass is 270 g/mol. The van der Waals surface area contributed by atoms with Gasteiger partial charge in [-0.2, -0.15) is 0 Å². The molecule has 0 aliphatic carbocycles. The van der Waals surface area contributed by atoms with Gasteiger partial charge in [-0.1, -0.05) is 6.92 Å². The van der Waals surface area contributed by atoms with Crippen molar-refractivity contribution in [1.29, 1.82) is 0 Å². The van der Waals surface area contributed by atoms with E-state index in [1.807, 2.05) is 6.92 Å². The summed E-state index contributed by atoms with van der Waals surface area (Å²) in [4.78, 5) is 0.271. The molecule has 0 spiro atoms. The molecule has 1 aromatic rings. The van der Waals surface area contributed by atoms with Crippen molar-refractivity contribution in [3.63, 3.8) is 0 Å². The van der Waals surface area contributed by atoms with E-state index in [1.54, 1.807) is 0 Å². The van der Waals surface area contributed by atoms with E-state index in [2.05, 4.69) is 0 Å². The van der Waals surface area contributed by atoms with Gasteiger partial charge in [0.2, 0.25) is 0 Å². The Kier molecular flexibility index (Phi) is 3.64. The molecule has 1 aliphatic rings. The molecule has 1 fully saturated rings. The van der Waals surface area contributed by atoms with Gasteiger partial charge in [0, 0.05) is 13.2 Å². The number of benzene rings is 1. The number of ether oxygens (including phenoxy) is 1. The predicted molar refractivity (Wildman–Crippen MR) is 68.3 cm³/mol. The Balaban J connectivity index is 2.18. The molecule has 18 heavy (non-hydrogen) atoms. The zero-order chi connectivity index (χ0) is 13.2. The quantitative estimate of drug-likeness (QED) is 0.912. The number of sulfone groups is 1. The highest BCUT2D eigenvalue weighted by atomic mass is 32.2. The summed E-state index contributed by atoms with van der Waals surface area (Å²) >= 11 is 0. The summed E-state index contributed by atoms with van der Waals surface area (Å²) in [5, 5.41) is 9.18. The van der Waals surface area contributed by atoms with Crippen LogP contribution in [-0.2, 0) is 14.6 Å². The summed E-state index contributed by atoms with van der Waals surface area (Å²) in [5.74, 6) is 0.208. The second-order valence-electron chi connectivity index (χ2n) is 5.18. The second-order valence-corrected chi connectivity index (χ2v) is 7.17. The Morgan fingerprint density at radius 1 is 1.22 bits per heavy atom. The fourth-order valence-electron chi connectivity index (χ4n) is 2.20. The third-order valence-electron chi connectivity index (χ3n) is 3.43. The van der Waals surface area contributed by atoms with Gasteiger partial charge in [-0.25, -0.2) is 8.42 Å². The van der Waals surface area contributed by atoms with Gasteiger partial charge in [0.05, 0.1) is 10.6 Å². The Bertz CT molecular complexity index is 498. The molecule has 0 bridgehead atoms. The maximum Gasteiger partial charge on any atom is 0.178 e. The van der Waals surface area contributed by atoms with Crippen LogP contribution in [0.15, 0.2) is 29.2 Å². The molecule has 2 rings (SSSR count). The minimum Gasteiger partial charge on any atom is -0.508 e. The maximum absolute atomic E-state index is 12.3. The van der Waals surface area contributed by atoms with Crippen LogP contribution in [0.4, 0.5) is 0 Å². The lowest BCUT2D eigenvalue weighted by Gasteiger charge is -2.33. The SMILES string of the molecule is CC1(CS(=O)(=O)c2ccc(O)cc2)CCOCC1. The van der Waals surface area contributed by atoms with E-state index in [0.29, 0.717) is 13.2 Å². The topological polar surface area (TPSA) is 63.6 Å². The van der Waals surface area contributed by atoms with E-state index in [1.165, 1.54) is 24.3 Å². The van der Waals surface area contributed by atoms with Crippen molar-refractivity contribution in [2.75, 3.05) is 19.0 Å². The average Bonchev–Trinajstić information content (AvgIpc) is 2.29. The van der Waals surface area contributed by atoms with Crippen LogP contribution in [0, 0.1) is 5.41 Å². The zero-order valence-corrected chi connectivity index (χ0v) is 11.2. The summed E-state index contributed by atoms with van der Waals surface area (Å²) in [5.41, 5.74) is -0.213.